The zero-order chi connectivity index (χ0) is 14.0. The van der Waals surface area contributed by atoms with Gasteiger partial charge in [-0.05, 0) is 43.7 Å². The van der Waals surface area contributed by atoms with Crippen LogP contribution in [0.4, 0.5) is 11.6 Å². The molecule has 1 aromatic heterocycles. The number of anilines is 2. The van der Waals surface area contributed by atoms with Crippen LogP contribution in [-0.2, 0) is 0 Å². The Kier molecular flexibility index (Phi) is 3.97. The van der Waals surface area contributed by atoms with Gasteiger partial charge in [0.25, 0.3) is 0 Å². The van der Waals surface area contributed by atoms with E-state index in [9.17, 15) is 0 Å². The van der Waals surface area contributed by atoms with Crippen molar-refractivity contribution in [2.24, 2.45) is 5.73 Å². The average molecular weight is 293 g/mol. The molecule has 0 saturated carbocycles. The van der Waals surface area contributed by atoms with Crippen LogP contribution < -0.4 is 11.1 Å². The number of nitrogens with zero attached hydrogens (tertiary/aromatic N) is 2. The Labute approximate surface area is 122 Å². The zero-order valence-electron chi connectivity index (χ0n) is 10.6. The van der Waals surface area contributed by atoms with Crippen LogP contribution in [-0.4, -0.2) is 15.0 Å². The van der Waals surface area contributed by atoms with Crippen molar-refractivity contribution in [1.29, 1.82) is 0 Å². The van der Waals surface area contributed by atoms with Crippen molar-refractivity contribution in [2.45, 2.75) is 13.8 Å². The number of rotatable bonds is 3. The van der Waals surface area contributed by atoms with Crippen LogP contribution in [0.1, 0.15) is 17.0 Å². The Morgan fingerprint density at radius 1 is 1.26 bits per heavy atom. The van der Waals surface area contributed by atoms with Crippen LogP contribution in [0.15, 0.2) is 24.3 Å². The van der Waals surface area contributed by atoms with Crippen molar-refractivity contribution >= 4 is 40.4 Å². The fourth-order valence-corrected chi connectivity index (χ4v) is 1.97. The Morgan fingerprint density at radius 2 is 2.00 bits per heavy atom. The molecule has 1 heterocycles. The highest BCUT2D eigenvalue weighted by molar-refractivity contribution is 7.80. The lowest BCUT2D eigenvalue weighted by molar-refractivity contribution is 1.09. The van der Waals surface area contributed by atoms with Gasteiger partial charge in [0.1, 0.15) is 10.7 Å². The zero-order valence-corrected chi connectivity index (χ0v) is 12.1. The third kappa shape index (κ3) is 3.39. The molecule has 2 aromatic rings. The summed E-state index contributed by atoms with van der Waals surface area (Å²) in [6, 6.07) is 7.31. The summed E-state index contributed by atoms with van der Waals surface area (Å²) in [5.41, 5.74) is 8.84. The first-order valence-electron chi connectivity index (χ1n) is 5.64. The van der Waals surface area contributed by atoms with E-state index in [1.807, 2.05) is 26.0 Å². The molecule has 0 aliphatic rings. The lowest BCUT2D eigenvalue weighted by Gasteiger charge is -2.10. The molecule has 0 aliphatic carbocycles. The molecule has 98 valence electrons. The molecule has 6 heteroatoms. The summed E-state index contributed by atoms with van der Waals surface area (Å²) < 4.78 is 0. The molecule has 0 radical (unpaired) electrons. The SMILES string of the molecule is Cc1cc(C(N)=S)nc(Nc2ccc(Cl)cc2C)n1. The van der Waals surface area contributed by atoms with Crippen LogP contribution in [0.5, 0.6) is 0 Å². The van der Waals surface area contributed by atoms with Crippen molar-refractivity contribution in [3.8, 4) is 0 Å². The highest BCUT2D eigenvalue weighted by Crippen LogP contribution is 2.22. The number of halogens is 1. The van der Waals surface area contributed by atoms with Gasteiger partial charge in [-0.2, -0.15) is 0 Å². The van der Waals surface area contributed by atoms with Gasteiger partial charge in [0.05, 0.1) is 0 Å². The summed E-state index contributed by atoms with van der Waals surface area (Å²) in [5, 5.41) is 3.83. The average Bonchev–Trinajstić information content (AvgIpc) is 2.32. The lowest BCUT2D eigenvalue weighted by atomic mass is 10.2. The fraction of sp³-hybridized carbons (Fsp3) is 0.154. The smallest absolute Gasteiger partial charge is 0.228 e. The number of thiocarbonyl (C=S) groups is 1. The van der Waals surface area contributed by atoms with Gasteiger partial charge in [0.15, 0.2) is 0 Å². The molecule has 0 saturated heterocycles. The maximum atomic E-state index is 5.92. The molecule has 0 amide bonds. The fourth-order valence-electron chi connectivity index (χ4n) is 1.64. The Balaban J connectivity index is 2.35. The molecular weight excluding hydrogens is 280 g/mol. The van der Waals surface area contributed by atoms with Gasteiger partial charge in [0.2, 0.25) is 5.95 Å². The van der Waals surface area contributed by atoms with Gasteiger partial charge in [-0.25, -0.2) is 9.97 Å². The molecule has 0 atom stereocenters. The molecule has 19 heavy (non-hydrogen) atoms. The summed E-state index contributed by atoms with van der Waals surface area (Å²) in [5.74, 6) is 0.466. The van der Waals surface area contributed by atoms with E-state index in [4.69, 9.17) is 29.6 Å². The minimum absolute atomic E-state index is 0.251. The number of nitrogens with two attached hydrogens (primary N) is 1. The number of aromatic nitrogens is 2. The topological polar surface area (TPSA) is 63.8 Å². The van der Waals surface area contributed by atoms with Crippen molar-refractivity contribution in [3.63, 3.8) is 0 Å². The predicted molar refractivity (Wildman–Crippen MR) is 82.1 cm³/mol. The minimum Gasteiger partial charge on any atom is -0.388 e. The molecular formula is C13H13ClN4S. The first kappa shape index (κ1) is 13.7. The first-order chi connectivity index (χ1) is 8.95. The normalized spacial score (nSPS) is 10.3. The van der Waals surface area contributed by atoms with Gasteiger partial charge in [-0.1, -0.05) is 23.8 Å². The minimum atomic E-state index is 0.251. The van der Waals surface area contributed by atoms with Crippen molar-refractivity contribution in [2.75, 3.05) is 5.32 Å². The van der Waals surface area contributed by atoms with Gasteiger partial charge in [-0.15, -0.1) is 0 Å². The highest BCUT2D eigenvalue weighted by atomic mass is 35.5. The van der Waals surface area contributed by atoms with E-state index in [-0.39, 0.29) is 4.99 Å². The Morgan fingerprint density at radius 3 is 2.63 bits per heavy atom. The molecule has 0 fully saturated rings. The molecule has 0 aliphatic heterocycles. The van der Waals surface area contributed by atoms with E-state index in [0.29, 0.717) is 16.7 Å². The molecule has 0 bridgehead atoms. The molecule has 4 nitrogen and oxygen atoms in total. The third-order valence-corrected chi connectivity index (χ3v) is 2.99. The number of benzene rings is 1. The summed E-state index contributed by atoms with van der Waals surface area (Å²) in [6.45, 7) is 3.82. The van der Waals surface area contributed by atoms with E-state index in [1.54, 1.807) is 12.1 Å². The maximum absolute atomic E-state index is 5.92. The van der Waals surface area contributed by atoms with E-state index in [1.165, 1.54) is 0 Å². The molecule has 0 unspecified atom stereocenters. The molecule has 0 spiro atoms. The molecule has 1 aromatic carbocycles. The Hall–Kier alpha value is -1.72. The van der Waals surface area contributed by atoms with E-state index < -0.39 is 0 Å². The number of hydrogen-bond acceptors (Lipinski definition) is 4. The second kappa shape index (κ2) is 5.50. The second-order valence-electron chi connectivity index (χ2n) is 4.17. The number of hydrogen-bond donors (Lipinski definition) is 2. The third-order valence-electron chi connectivity index (χ3n) is 2.54. The van der Waals surface area contributed by atoms with Crippen molar-refractivity contribution in [1.82, 2.24) is 9.97 Å². The number of nitrogens with one attached hydrogen (secondary N) is 1. The highest BCUT2D eigenvalue weighted by Gasteiger charge is 2.06. The van der Waals surface area contributed by atoms with Crippen LogP contribution in [0.3, 0.4) is 0 Å². The van der Waals surface area contributed by atoms with E-state index >= 15 is 0 Å². The van der Waals surface area contributed by atoms with E-state index in [2.05, 4.69) is 15.3 Å². The lowest BCUT2D eigenvalue weighted by Crippen LogP contribution is -2.14. The van der Waals surface area contributed by atoms with Crippen LogP contribution in [0, 0.1) is 13.8 Å². The Bertz CT molecular complexity index is 643. The van der Waals surface area contributed by atoms with Gasteiger partial charge in [0, 0.05) is 16.4 Å². The van der Waals surface area contributed by atoms with Crippen LogP contribution in [0.2, 0.25) is 5.02 Å². The number of aryl methyl sites for hydroxylation is 2. The van der Waals surface area contributed by atoms with Crippen molar-refractivity contribution < 1.29 is 0 Å². The van der Waals surface area contributed by atoms with Crippen LogP contribution in [0.25, 0.3) is 0 Å². The summed E-state index contributed by atoms with van der Waals surface area (Å²) in [4.78, 5) is 8.83. The largest absolute Gasteiger partial charge is 0.388 e. The standard InChI is InChI=1S/C13H13ClN4S/c1-7-5-9(14)3-4-10(7)17-13-16-8(2)6-11(18-13)12(15)19/h3-6H,1-2H3,(H2,15,19)(H,16,17,18). The second-order valence-corrected chi connectivity index (χ2v) is 5.04. The first-order valence-corrected chi connectivity index (χ1v) is 6.43. The quantitative estimate of drug-likeness (QED) is 0.851. The van der Waals surface area contributed by atoms with Crippen LogP contribution >= 0.6 is 23.8 Å². The van der Waals surface area contributed by atoms with Gasteiger partial charge < -0.3 is 11.1 Å². The summed E-state index contributed by atoms with van der Waals surface area (Å²) in [7, 11) is 0. The summed E-state index contributed by atoms with van der Waals surface area (Å²) >= 11 is 10.9. The van der Waals surface area contributed by atoms with Gasteiger partial charge >= 0.3 is 0 Å². The maximum Gasteiger partial charge on any atom is 0.228 e. The summed E-state index contributed by atoms with van der Waals surface area (Å²) in [6.07, 6.45) is 0. The molecule has 3 N–H and O–H groups in total. The monoisotopic (exact) mass is 292 g/mol. The predicted octanol–water partition coefficient (Wildman–Crippen LogP) is 3.12. The molecule has 2 rings (SSSR count). The van der Waals surface area contributed by atoms with Gasteiger partial charge in [-0.3, -0.25) is 0 Å². The van der Waals surface area contributed by atoms with E-state index in [0.717, 1.165) is 16.9 Å². The van der Waals surface area contributed by atoms with Crippen molar-refractivity contribution in [3.05, 3.63) is 46.2 Å².